The molecule has 0 amide bonds. The van der Waals surface area contributed by atoms with Gasteiger partial charge in [0.15, 0.2) is 0 Å². The third kappa shape index (κ3) is 2.86. The van der Waals surface area contributed by atoms with E-state index in [2.05, 4.69) is 26.9 Å². The van der Waals surface area contributed by atoms with Gasteiger partial charge in [-0.15, -0.1) is 0 Å². The smallest absolute Gasteiger partial charge is 0.243 e. The minimum absolute atomic E-state index is 0.0927. The minimum Gasteiger partial charge on any atom is -0.367 e. The third-order valence-corrected chi connectivity index (χ3v) is 5.39. The molecule has 118 valence electrons. The Kier molecular flexibility index (Phi) is 3.92. The van der Waals surface area contributed by atoms with E-state index in [1.54, 1.807) is 7.05 Å². The Labute approximate surface area is 130 Å². The average Bonchev–Trinajstić information content (AvgIpc) is 3.11. The SMILES string of the molecule is C[C@H](CNS(=O)(=O)c1cnn(C)c1)N1CCc2ccccc21. The Morgan fingerprint density at radius 3 is 2.86 bits per heavy atom. The van der Waals surface area contributed by atoms with Crippen LogP contribution < -0.4 is 9.62 Å². The number of nitrogens with one attached hydrogen (secondary N) is 1. The minimum atomic E-state index is -3.50. The normalized spacial score (nSPS) is 15.8. The van der Waals surface area contributed by atoms with Crippen molar-refractivity contribution in [1.29, 1.82) is 0 Å². The number of anilines is 1. The summed E-state index contributed by atoms with van der Waals surface area (Å²) in [4.78, 5) is 2.45. The van der Waals surface area contributed by atoms with Crippen LogP contribution in [0.1, 0.15) is 12.5 Å². The van der Waals surface area contributed by atoms with Gasteiger partial charge in [0.1, 0.15) is 4.90 Å². The van der Waals surface area contributed by atoms with Gasteiger partial charge in [0.25, 0.3) is 0 Å². The Bertz CT molecular complexity index is 769. The molecule has 1 aliphatic rings. The second-order valence-corrected chi connectivity index (χ2v) is 7.39. The van der Waals surface area contributed by atoms with E-state index in [0.29, 0.717) is 6.54 Å². The summed E-state index contributed by atoms with van der Waals surface area (Å²) in [6, 6.07) is 8.37. The van der Waals surface area contributed by atoms with Crippen molar-refractivity contribution in [2.45, 2.75) is 24.3 Å². The largest absolute Gasteiger partial charge is 0.367 e. The lowest BCUT2D eigenvalue weighted by atomic mass is 10.2. The zero-order valence-electron chi connectivity index (χ0n) is 12.7. The van der Waals surface area contributed by atoms with Crippen molar-refractivity contribution in [2.75, 3.05) is 18.0 Å². The van der Waals surface area contributed by atoms with Crippen molar-refractivity contribution >= 4 is 15.7 Å². The number of hydrogen-bond donors (Lipinski definition) is 1. The molecular weight excluding hydrogens is 300 g/mol. The number of aromatic nitrogens is 2. The number of nitrogens with zero attached hydrogens (tertiary/aromatic N) is 3. The highest BCUT2D eigenvalue weighted by atomic mass is 32.2. The molecule has 6 nitrogen and oxygen atoms in total. The van der Waals surface area contributed by atoms with Crippen molar-refractivity contribution in [3.63, 3.8) is 0 Å². The van der Waals surface area contributed by atoms with Gasteiger partial charge in [-0.2, -0.15) is 5.10 Å². The summed E-state index contributed by atoms with van der Waals surface area (Å²) in [5.74, 6) is 0. The molecule has 7 heteroatoms. The second-order valence-electron chi connectivity index (χ2n) is 5.62. The lowest BCUT2D eigenvalue weighted by molar-refractivity contribution is 0.566. The molecule has 1 aromatic heterocycles. The molecule has 2 heterocycles. The van der Waals surface area contributed by atoms with E-state index in [-0.39, 0.29) is 10.9 Å². The van der Waals surface area contributed by atoms with E-state index < -0.39 is 10.0 Å². The highest BCUT2D eigenvalue weighted by Crippen LogP contribution is 2.28. The average molecular weight is 320 g/mol. The highest BCUT2D eigenvalue weighted by Gasteiger charge is 2.24. The summed E-state index contributed by atoms with van der Waals surface area (Å²) < 4.78 is 28.6. The van der Waals surface area contributed by atoms with Crippen LogP contribution in [0.3, 0.4) is 0 Å². The molecule has 1 N–H and O–H groups in total. The molecule has 0 bridgehead atoms. The molecule has 22 heavy (non-hydrogen) atoms. The fourth-order valence-corrected chi connectivity index (χ4v) is 3.89. The van der Waals surface area contributed by atoms with Crippen molar-refractivity contribution < 1.29 is 8.42 Å². The van der Waals surface area contributed by atoms with Crippen LogP contribution in [-0.2, 0) is 23.5 Å². The van der Waals surface area contributed by atoms with E-state index in [0.717, 1.165) is 13.0 Å². The number of hydrogen-bond acceptors (Lipinski definition) is 4. The summed E-state index contributed by atoms with van der Waals surface area (Å²) in [5.41, 5.74) is 2.53. The second kappa shape index (κ2) is 5.73. The van der Waals surface area contributed by atoms with Crippen LogP contribution in [0.5, 0.6) is 0 Å². The molecule has 0 fully saturated rings. The lowest BCUT2D eigenvalue weighted by Gasteiger charge is -2.27. The summed E-state index contributed by atoms with van der Waals surface area (Å²) in [6.45, 7) is 3.33. The first-order chi connectivity index (χ1) is 10.5. The number of fused-ring (bicyclic) bond motifs is 1. The molecular formula is C15H20N4O2S. The van der Waals surface area contributed by atoms with E-state index in [1.807, 2.05) is 19.1 Å². The third-order valence-electron chi connectivity index (χ3n) is 4.02. The number of sulfonamides is 1. The number of rotatable bonds is 5. The Morgan fingerprint density at radius 1 is 1.36 bits per heavy atom. The molecule has 1 atom stereocenters. The number of aryl methyl sites for hydroxylation is 1. The molecule has 0 saturated heterocycles. The van der Waals surface area contributed by atoms with Crippen molar-refractivity contribution in [2.24, 2.45) is 7.05 Å². The first kappa shape index (κ1) is 15.1. The molecule has 0 saturated carbocycles. The Morgan fingerprint density at radius 2 is 2.14 bits per heavy atom. The molecule has 0 aliphatic carbocycles. The predicted octanol–water partition coefficient (Wildman–Crippen LogP) is 1.15. The molecule has 2 aromatic rings. The van der Waals surface area contributed by atoms with E-state index in [4.69, 9.17) is 0 Å². The van der Waals surface area contributed by atoms with Gasteiger partial charge in [-0.25, -0.2) is 13.1 Å². The van der Waals surface area contributed by atoms with E-state index in [1.165, 1.54) is 28.3 Å². The van der Waals surface area contributed by atoms with Crippen LogP contribution in [0.4, 0.5) is 5.69 Å². The highest BCUT2D eigenvalue weighted by molar-refractivity contribution is 7.89. The van der Waals surface area contributed by atoms with Gasteiger partial charge < -0.3 is 4.90 Å². The number of para-hydroxylation sites is 1. The van der Waals surface area contributed by atoms with Crippen LogP contribution >= 0.6 is 0 Å². The maximum atomic E-state index is 12.2. The van der Waals surface area contributed by atoms with Crippen LogP contribution in [-0.4, -0.2) is 37.3 Å². The zero-order chi connectivity index (χ0) is 15.7. The lowest BCUT2D eigenvalue weighted by Crippen LogP contribution is -2.41. The molecule has 0 unspecified atom stereocenters. The molecule has 1 aliphatic heterocycles. The molecule has 3 rings (SSSR count). The van der Waals surface area contributed by atoms with E-state index in [9.17, 15) is 8.42 Å². The zero-order valence-corrected chi connectivity index (χ0v) is 13.5. The van der Waals surface area contributed by atoms with Gasteiger partial charge in [-0.1, -0.05) is 18.2 Å². The summed E-state index contributed by atoms with van der Waals surface area (Å²) in [7, 11) is -1.80. The maximum Gasteiger partial charge on any atom is 0.243 e. The van der Waals surface area contributed by atoms with Gasteiger partial charge in [0, 0.05) is 38.1 Å². The topological polar surface area (TPSA) is 67.2 Å². The maximum absolute atomic E-state index is 12.2. The van der Waals surface area contributed by atoms with Crippen molar-refractivity contribution in [1.82, 2.24) is 14.5 Å². The molecule has 1 aromatic carbocycles. The Balaban J connectivity index is 1.67. The van der Waals surface area contributed by atoms with Gasteiger partial charge >= 0.3 is 0 Å². The first-order valence-corrected chi connectivity index (χ1v) is 8.78. The van der Waals surface area contributed by atoms with Gasteiger partial charge in [0.2, 0.25) is 10.0 Å². The fraction of sp³-hybridized carbons (Fsp3) is 0.400. The number of benzene rings is 1. The quantitative estimate of drug-likeness (QED) is 0.897. The van der Waals surface area contributed by atoms with Gasteiger partial charge in [-0.05, 0) is 25.0 Å². The van der Waals surface area contributed by atoms with Crippen molar-refractivity contribution in [3.8, 4) is 0 Å². The Hall–Kier alpha value is -1.86. The van der Waals surface area contributed by atoms with Gasteiger partial charge in [0.05, 0.1) is 6.20 Å². The van der Waals surface area contributed by atoms with E-state index >= 15 is 0 Å². The predicted molar refractivity (Wildman–Crippen MR) is 85.4 cm³/mol. The monoisotopic (exact) mass is 320 g/mol. The fourth-order valence-electron chi connectivity index (χ4n) is 2.78. The van der Waals surface area contributed by atoms with Crippen molar-refractivity contribution in [3.05, 3.63) is 42.2 Å². The summed E-state index contributed by atoms with van der Waals surface area (Å²) >= 11 is 0. The summed E-state index contributed by atoms with van der Waals surface area (Å²) in [5, 5.41) is 3.90. The van der Waals surface area contributed by atoms with Crippen LogP contribution in [0.25, 0.3) is 0 Å². The molecule has 0 spiro atoms. The van der Waals surface area contributed by atoms with Crippen LogP contribution in [0.15, 0.2) is 41.6 Å². The summed E-state index contributed by atoms with van der Waals surface area (Å²) in [6.07, 6.45) is 3.87. The van der Waals surface area contributed by atoms with Crippen LogP contribution in [0, 0.1) is 0 Å². The standard InChI is InChI=1S/C15H20N4O2S/c1-12(19-8-7-13-5-3-4-6-15(13)19)9-17-22(20,21)14-10-16-18(2)11-14/h3-6,10-12,17H,7-9H2,1-2H3/t12-/m1/s1. The van der Waals surface area contributed by atoms with Crippen LogP contribution in [0.2, 0.25) is 0 Å². The first-order valence-electron chi connectivity index (χ1n) is 7.30. The van der Waals surface area contributed by atoms with Gasteiger partial charge in [-0.3, -0.25) is 4.68 Å². The molecule has 0 radical (unpaired) electrons.